The number of hydrogen-bond donors (Lipinski definition) is 1. The quantitative estimate of drug-likeness (QED) is 0.479. The standard InChI is InChI=1S/C26H27ClN2O4/c1-19(26(31)28-16-21-8-6-7-11-24(21)32-2)29(17-20-12-14-22(27)15-13-20)25(30)18-33-23-9-4-3-5-10-23/h3-15,19H,16-18H2,1-2H3,(H,28,31). The average Bonchev–Trinajstić information content (AvgIpc) is 2.85. The summed E-state index contributed by atoms with van der Waals surface area (Å²) in [5.74, 6) is 0.707. The number of rotatable bonds is 10. The van der Waals surface area contributed by atoms with E-state index in [4.69, 9.17) is 21.1 Å². The van der Waals surface area contributed by atoms with Gasteiger partial charge in [0.1, 0.15) is 17.5 Å². The van der Waals surface area contributed by atoms with E-state index in [2.05, 4.69) is 5.32 Å². The topological polar surface area (TPSA) is 67.9 Å². The Hall–Kier alpha value is -3.51. The Bertz CT molecular complexity index is 1060. The molecule has 0 spiro atoms. The Kier molecular flexibility index (Phi) is 8.72. The van der Waals surface area contributed by atoms with Crippen molar-refractivity contribution < 1.29 is 19.1 Å². The monoisotopic (exact) mass is 466 g/mol. The molecule has 3 aromatic rings. The van der Waals surface area contributed by atoms with Gasteiger partial charge in [-0.05, 0) is 42.8 Å². The van der Waals surface area contributed by atoms with E-state index in [9.17, 15) is 9.59 Å². The molecule has 0 heterocycles. The second kappa shape index (κ2) is 11.9. The first-order valence-electron chi connectivity index (χ1n) is 10.6. The van der Waals surface area contributed by atoms with Crippen LogP contribution < -0.4 is 14.8 Å². The lowest BCUT2D eigenvalue weighted by Gasteiger charge is -2.29. The van der Waals surface area contributed by atoms with Crippen molar-refractivity contribution in [3.8, 4) is 11.5 Å². The van der Waals surface area contributed by atoms with Crippen molar-refractivity contribution in [1.82, 2.24) is 10.2 Å². The molecule has 0 fully saturated rings. The Morgan fingerprint density at radius 1 is 0.970 bits per heavy atom. The molecule has 0 aliphatic carbocycles. The highest BCUT2D eigenvalue weighted by atomic mass is 35.5. The zero-order valence-corrected chi connectivity index (χ0v) is 19.4. The van der Waals surface area contributed by atoms with Crippen molar-refractivity contribution in [2.24, 2.45) is 0 Å². The lowest BCUT2D eigenvalue weighted by molar-refractivity contribution is -0.142. The van der Waals surface area contributed by atoms with E-state index >= 15 is 0 Å². The number of carbonyl (C=O) groups excluding carboxylic acids is 2. The van der Waals surface area contributed by atoms with Gasteiger partial charge in [0.2, 0.25) is 5.91 Å². The summed E-state index contributed by atoms with van der Waals surface area (Å²) in [5.41, 5.74) is 1.71. The van der Waals surface area contributed by atoms with Crippen molar-refractivity contribution in [1.29, 1.82) is 0 Å². The molecule has 1 atom stereocenters. The van der Waals surface area contributed by atoms with Crippen molar-refractivity contribution in [2.45, 2.75) is 26.1 Å². The highest BCUT2D eigenvalue weighted by Gasteiger charge is 2.26. The van der Waals surface area contributed by atoms with Crippen LogP contribution in [-0.4, -0.2) is 36.5 Å². The van der Waals surface area contributed by atoms with Gasteiger partial charge in [0.15, 0.2) is 6.61 Å². The molecule has 3 rings (SSSR count). The first-order chi connectivity index (χ1) is 16.0. The Morgan fingerprint density at radius 3 is 2.33 bits per heavy atom. The summed E-state index contributed by atoms with van der Waals surface area (Å²) >= 11 is 5.99. The van der Waals surface area contributed by atoms with Gasteiger partial charge in [-0.25, -0.2) is 0 Å². The van der Waals surface area contributed by atoms with Crippen LogP contribution >= 0.6 is 11.6 Å². The highest BCUT2D eigenvalue weighted by molar-refractivity contribution is 6.30. The highest BCUT2D eigenvalue weighted by Crippen LogP contribution is 2.18. The number of ether oxygens (including phenoxy) is 2. The average molecular weight is 467 g/mol. The Balaban J connectivity index is 1.71. The number of nitrogens with zero attached hydrogens (tertiary/aromatic N) is 1. The molecule has 0 aliphatic rings. The third-order valence-corrected chi connectivity index (χ3v) is 5.44. The molecule has 172 valence electrons. The van der Waals surface area contributed by atoms with E-state index in [0.717, 1.165) is 11.1 Å². The molecule has 1 unspecified atom stereocenters. The van der Waals surface area contributed by atoms with Gasteiger partial charge in [0.05, 0.1) is 7.11 Å². The smallest absolute Gasteiger partial charge is 0.261 e. The minimum absolute atomic E-state index is 0.179. The summed E-state index contributed by atoms with van der Waals surface area (Å²) in [6, 6.07) is 23.0. The zero-order valence-electron chi connectivity index (χ0n) is 18.7. The van der Waals surface area contributed by atoms with E-state index in [-0.39, 0.29) is 31.5 Å². The molecule has 6 nitrogen and oxygen atoms in total. The van der Waals surface area contributed by atoms with E-state index < -0.39 is 6.04 Å². The lowest BCUT2D eigenvalue weighted by atomic mass is 10.1. The summed E-state index contributed by atoms with van der Waals surface area (Å²) in [5, 5.41) is 3.51. The van der Waals surface area contributed by atoms with Gasteiger partial charge in [-0.1, -0.05) is 60.1 Å². The number of hydrogen-bond acceptors (Lipinski definition) is 4. The number of benzene rings is 3. The van der Waals surface area contributed by atoms with Crippen LogP contribution in [0.5, 0.6) is 11.5 Å². The van der Waals surface area contributed by atoms with Gasteiger partial charge in [-0.15, -0.1) is 0 Å². The van der Waals surface area contributed by atoms with Crippen LogP contribution in [0.2, 0.25) is 5.02 Å². The second-order valence-electron chi connectivity index (χ2n) is 7.46. The lowest BCUT2D eigenvalue weighted by Crippen LogP contribution is -2.48. The molecule has 0 radical (unpaired) electrons. The maximum Gasteiger partial charge on any atom is 0.261 e. The molecule has 1 N–H and O–H groups in total. The van der Waals surface area contributed by atoms with Gasteiger partial charge >= 0.3 is 0 Å². The molecule has 0 aliphatic heterocycles. The van der Waals surface area contributed by atoms with Crippen molar-refractivity contribution in [2.75, 3.05) is 13.7 Å². The maximum atomic E-state index is 13.1. The number of para-hydroxylation sites is 2. The largest absolute Gasteiger partial charge is 0.496 e. The number of carbonyl (C=O) groups is 2. The van der Waals surface area contributed by atoms with Gasteiger partial charge in [0.25, 0.3) is 5.91 Å². The van der Waals surface area contributed by atoms with Crippen molar-refractivity contribution in [3.63, 3.8) is 0 Å². The molecular weight excluding hydrogens is 440 g/mol. The van der Waals surface area contributed by atoms with Crippen LogP contribution in [-0.2, 0) is 22.7 Å². The van der Waals surface area contributed by atoms with Crippen molar-refractivity contribution in [3.05, 3.63) is 95.0 Å². The summed E-state index contributed by atoms with van der Waals surface area (Å²) in [6.07, 6.45) is 0. The van der Waals surface area contributed by atoms with E-state index in [1.165, 1.54) is 4.90 Å². The molecule has 7 heteroatoms. The van der Waals surface area contributed by atoms with Crippen LogP contribution in [0.4, 0.5) is 0 Å². The van der Waals surface area contributed by atoms with Crippen LogP contribution in [0.1, 0.15) is 18.1 Å². The van der Waals surface area contributed by atoms with Crippen LogP contribution in [0, 0.1) is 0 Å². The molecule has 0 bridgehead atoms. The minimum atomic E-state index is -0.720. The van der Waals surface area contributed by atoms with E-state index in [0.29, 0.717) is 16.5 Å². The van der Waals surface area contributed by atoms with E-state index in [1.807, 2.05) is 54.6 Å². The van der Waals surface area contributed by atoms with Gasteiger partial charge in [-0.2, -0.15) is 0 Å². The first kappa shape index (κ1) is 24.1. The predicted molar refractivity (Wildman–Crippen MR) is 128 cm³/mol. The fraction of sp³-hybridized carbons (Fsp3) is 0.231. The number of halogens is 1. The summed E-state index contributed by atoms with van der Waals surface area (Å²) < 4.78 is 11.0. The third-order valence-electron chi connectivity index (χ3n) is 5.18. The van der Waals surface area contributed by atoms with Gasteiger partial charge in [-0.3, -0.25) is 9.59 Å². The van der Waals surface area contributed by atoms with Crippen LogP contribution in [0.3, 0.4) is 0 Å². The molecule has 0 saturated heterocycles. The fourth-order valence-corrected chi connectivity index (χ4v) is 3.42. The third kappa shape index (κ3) is 6.99. The molecule has 0 aromatic heterocycles. The summed E-state index contributed by atoms with van der Waals surface area (Å²) in [7, 11) is 1.59. The Labute approximate surface area is 199 Å². The second-order valence-corrected chi connectivity index (χ2v) is 7.89. The minimum Gasteiger partial charge on any atom is -0.496 e. The molecule has 0 saturated carbocycles. The molecule has 2 amide bonds. The van der Waals surface area contributed by atoms with Gasteiger partial charge in [0, 0.05) is 23.7 Å². The summed E-state index contributed by atoms with van der Waals surface area (Å²) in [6.45, 7) is 2.06. The number of amides is 2. The first-order valence-corrected chi connectivity index (χ1v) is 11.0. The number of methoxy groups -OCH3 is 1. The summed E-state index contributed by atoms with van der Waals surface area (Å²) in [4.78, 5) is 27.6. The van der Waals surface area contributed by atoms with Crippen molar-refractivity contribution >= 4 is 23.4 Å². The van der Waals surface area contributed by atoms with Gasteiger partial charge < -0.3 is 19.7 Å². The zero-order chi connectivity index (χ0) is 23.6. The van der Waals surface area contributed by atoms with Crippen LogP contribution in [0.25, 0.3) is 0 Å². The van der Waals surface area contributed by atoms with E-state index in [1.54, 1.807) is 38.3 Å². The molecule has 33 heavy (non-hydrogen) atoms. The van der Waals surface area contributed by atoms with Crippen LogP contribution in [0.15, 0.2) is 78.9 Å². The SMILES string of the molecule is COc1ccccc1CNC(=O)C(C)N(Cc1ccc(Cl)cc1)C(=O)COc1ccccc1. The predicted octanol–water partition coefficient (Wildman–Crippen LogP) is 4.46. The fourth-order valence-electron chi connectivity index (χ4n) is 3.29. The number of nitrogens with one attached hydrogen (secondary N) is 1. The molecular formula is C26H27ClN2O4. The normalized spacial score (nSPS) is 11.4. The molecule has 3 aromatic carbocycles. The Morgan fingerprint density at radius 2 is 1.64 bits per heavy atom. The maximum absolute atomic E-state index is 13.1.